The van der Waals surface area contributed by atoms with E-state index in [4.69, 9.17) is 0 Å². The van der Waals surface area contributed by atoms with Gasteiger partial charge < -0.3 is 10.0 Å². The highest BCUT2D eigenvalue weighted by molar-refractivity contribution is 5.47. The van der Waals surface area contributed by atoms with Gasteiger partial charge in [0.2, 0.25) is 0 Å². The minimum Gasteiger partial charge on any atom is -0.393 e. The topological polar surface area (TPSA) is 23.5 Å². The molecule has 0 aromatic heterocycles. The lowest BCUT2D eigenvalue weighted by molar-refractivity contribution is 0.158. The Morgan fingerprint density at radius 1 is 1.38 bits per heavy atom. The summed E-state index contributed by atoms with van der Waals surface area (Å²) in [5, 5.41) is 9.47. The van der Waals surface area contributed by atoms with E-state index in [0.717, 1.165) is 25.8 Å². The molecule has 16 heavy (non-hydrogen) atoms. The molecule has 0 amide bonds. The first kappa shape index (κ1) is 13.0. The molecule has 0 aliphatic rings. The first-order chi connectivity index (χ1) is 7.63. The van der Waals surface area contributed by atoms with Gasteiger partial charge in [-0.15, -0.1) is 0 Å². The van der Waals surface area contributed by atoms with Crippen LogP contribution >= 0.6 is 0 Å². The molecule has 0 bridgehead atoms. The maximum atomic E-state index is 9.47. The number of nitrogens with zero attached hydrogens (tertiary/aromatic N) is 1. The van der Waals surface area contributed by atoms with E-state index in [0.29, 0.717) is 0 Å². The SMILES string of the molecule is CCC(O)CCCN(C)c1cccc(C)c1. The van der Waals surface area contributed by atoms with E-state index in [1.165, 1.54) is 11.3 Å². The predicted molar refractivity (Wildman–Crippen MR) is 70.0 cm³/mol. The minimum absolute atomic E-state index is 0.133. The summed E-state index contributed by atoms with van der Waals surface area (Å²) in [5.74, 6) is 0. The van der Waals surface area contributed by atoms with Crippen molar-refractivity contribution in [2.75, 3.05) is 18.5 Å². The van der Waals surface area contributed by atoms with E-state index < -0.39 is 0 Å². The molecule has 2 nitrogen and oxygen atoms in total. The summed E-state index contributed by atoms with van der Waals surface area (Å²) in [6.45, 7) is 5.13. The summed E-state index contributed by atoms with van der Waals surface area (Å²) in [6.07, 6.45) is 2.66. The third-order valence-corrected chi connectivity index (χ3v) is 2.94. The number of benzene rings is 1. The Morgan fingerprint density at radius 2 is 2.12 bits per heavy atom. The molecule has 0 saturated heterocycles. The summed E-state index contributed by atoms with van der Waals surface area (Å²) >= 11 is 0. The van der Waals surface area contributed by atoms with Gasteiger partial charge in [0.1, 0.15) is 0 Å². The molecule has 2 heteroatoms. The molecular formula is C14H23NO. The highest BCUT2D eigenvalue weighted by atomic mass is 16.3. The van der Waals surface area contributed by atoms with Crippen LogP contribution in [0.5, 0.6) is 0 Å². The highest BCUT2D eigenvalue weighted by Crippen LogP contribution is 2.15. The zero-order chi connectivity index (χ0) is 12.0. The van der Waals surface area contributed by atoms with Gasteiger partial charge in [-0.3, -0.25) is 0 Å². The average Bonchev–Trinajstić information content (AvgIpc) is 2.28. The molecule has 0 aliphatic carbocycles. The van der Waals surface area contributed by atoms with Crippen LogP contribution in [-0.2, 0) is 0 Å². The number of aryl methyl sites for hydroxylation is 1. The second-order valence-corrected chi connectivity index (χ2v) is 4.46. The fourth-order valence-corrected chi connectivity index (χ4v) is 1.76. The molecule has 0 fully saturated rings. The predicted octanol–water partition coefficient (Wildman–Crippen LogP) is 2.98. The van der Waals surface area contributed by atoms with Gasteiger partial charge in [-0.25, -0.2) is 0 Å². The molecule has 0 radical (unpaired) electrons. The monoisotopic (exact) mass is 221 g/mol. The van der Waals surface area contributed by atoms with Gasteiger partial charge in [0, 0.05) is 19.3 Å². The number of hydrogen-bond acceptors (Lipinski definition) is 2. The molecule has 1 rings (SSSR count). The van der Waals surface area contributed by atoms with E-state index in [1.807, 2.05) is 6.92 Å². The van der Waals surface area contributed by atoms with E-state index in [1.54, 1.807) is 0 Å². The first-order valence-corrected chi connectivity index (χ1v) is 6.09. The first-order valence-electron chi connectivity index (χ1n) is 6.09. The average molecular weight is 221 g/mol. The Kier molecular flexibility index (Phi) is 5.33. The van der Waals surface area contributed by atoms with Crippen LogP contribution in [0.3, 0.4) is 0 Å². The van der Waals surface area contributed by atoms with Gasteiger partial charge in [0.15, 0.2) is 0 Å². The molecule has 0 saturated carbocycles. The molecule has 0 heterocycles. The smallest absolute Gasteiger partial charge is 0.0538 e. The summed E-state index contributed by atoms with van der Waals surface area (Å²) in [4.78, 5) is 2.25. The Balaban J connectivity index is 2.38. The summed E-state index contributed by atoms with van der Waals surface area (Å²) in [5.41, 5.74) is 2.55. The summed E-state index contributed by atoms with van der Waals surface area (Å²) in [7, 11) is 2.10. The molecule has 90 valence electrons. The second-order valence-electron chi connectivity index (χ2n) is 4.46. The number of aliphatic hydroxyl groups is 1. The number of anilines is 1. The summed E-state index contributed by atoms with van der Waals surface area (Å²) < 4.78 is 0. The van der Waals surface area contributed by atoms with Crippen molar-refractivity contribution in [3.63, 3.8) is 0 Å². The van der Waals surface area contributed by atoms with Gasteiger partial charge in [0.25, 0.3) is 0 Å². The van der Waals surface area contributed by atoms with Crippen LogP contribution in [0.1, 0.15) is 31.7 Å². The zero-order valence-corrected chi connectivity index (χ0v) is 10.6. The Morgan fingerprint density at radius 3 is 2.75 bits per heavy atom. The largest absolute Gasteiger partial charge is 0.393 e. The van der Waals surface area contributed by atoms with Gasteiger partial charge >= 0.3 is 0 Å². The van der Waals surface area contributed by atoms with Crippen molar-refractivity contribution in [3.8, 4) is 0 Å². The number of rotatable bonds is 6. The molecule has 1 aromatic carbocycles. The van der Waals surface area contributed by atoms with Gasteiger partial charge in [-0.2, -0.15) is 0 Å². The maximum Gasteiger partial charge on any atom is 0.0538 e. The Bertz CT molecular complexity index is 311. The maximum absolute atomic E-state index is 9.47. The van der Waals surface area contributed by atoms with Crippen LogP contribution in [0.25, 0.3) is 0 Å². The van der Waals surface area contributed by atoms with E-state index in [9.17, 15) is 5.11 Å². The minimum atomic E-state index is -0.133. The standard InChI is InChI=1S/C14H23NO/c1-4-14(16)9-6-10-15(3)13-8-5-7-12(2)11-13/h5,7-8,11,14,16H,4,6,9-10H2,1-3H3. The van der Waals surface area contributed by atoms with Crippen LogP contribution in [0.4, 0.5) is 5.69 Å². The van der Waals surface area contributed by atoms with Crippen LogP contribution in [-0.4, -0.2) is 24.8 Å². The van der Waals surface area contributed by atoms with Crippen molar-refractivity contribution >= 4 is 5.69 Å². The quantitative estimate of drug-likeness (QED) is 0.798. The van der Waals surface area contributed by atoms with Crippen molar-refractivity contribution in [2.24, 2.45) is 0 Å². The van der Waals surface area contributed by atoms with Crippen LogP contribution in [0.15, 0.2) is 24.3 Å². The Labute approximate surface area is 98.9 Å². The normalized spacial score (nSPS) is 12.5. The van der Waals surface area contributed by atoms with Crippen LogP contribution < -0.4 is 4.90 Å². The molecule has 1 N–H and O–H groups in total. The van der Waals surface area contributed by atoms with E-state index in [-0.39, 0.29) is 6.10 Å². The third kappa shape index (κ3) is 4.23. The Hall–Kier alpha value is -1.02. The lowest BCUT2D eigenvalue weighted by atomic mass is 10.1. The number of hydrogen-bond donors (Lipinski definition) is 1. The zero-order valence-electron chi connectivity index (χ0n) is 10.6. The van der Waals surface area contributed by atoms with E-state index >= 15 is 0 Å². The van der Waals surface area contributed by atoms with Crippen molar-refractivity contribution in [1.29, 1.82) is 0 Å². The summed E-state index contributed by atoms with van der Waals surface area (Å²) in [6, 6.07) is 8.51. The molecule has 1 aromatic rings. The van der Waals surface area contributed by atoms with E-state index in [2.05, 4.69) is 43.1 Å². The molecule has 0 aliphatic heterocycles. The van der Waals surface area contributed by atoms with Crippen LogP contribution in [0, 0.1) is 6.92 Å². The molecular weight excluding hydrogens is 198 g/mol. The van der Waals surface area contributed by atoms with Crippen LogP contribution in [0.2, 0.25) is 0 Å². The molecule has 0 spiro atoms. The molecule has 1 unspecified atom stereocenters. The second kappa shape index (κ2) is 6.54. The molecule has 1 atom stereocenters. The van der Waals surface area contributed by atoms with Crippen molar-refractivity contribution in [1.82, 2.24) is 0 Å². The van der Waals surface area contributed by atoms with Gasteiger partial charge in [-0.1, -0.05) is 19.1 Å². The van der Waals surface area contributed by atoms with Gasteiger partial charge in [-0.05, 0) is 43.9 Å². The fourth-order valence-electron chi connectivity index (χ4n) is 1.76. The van der Waals surface area contributed by atoms with Crippen molar-refractivity contribution in [2.45, 2.75) is 39.2 Å². The lowest BCUT2D eigenvalue weighted by Gasteiger charge is -2.20. The highest BCUT2D eigenvalue weighted by Gasteiger charge is 2.03. The van der Waals surface area contributed by atoms with Crippen molar-refractivity contribution in [3.05, 3.63) is 29.8 Å². The third-order valence-electron chi connectivity index (χ3n) is 2.94. The fraction of sp³-hybridized carbons (Fsp3) is 0.571. The van der Waals surface area contributed by atoms with Crippen molar-refractivity contribution < 1.29 is 5.11 Å². The lowest BCUT2D eigenvalue weighted by Crippen LogP contribution is -2.20. The number of aliphatic hydroxyl groups excluding tert-OH is 1. The van der Waals surface area contributed by atoms with Gasteiger partial charge in [0.05, 0.1) is 6.10 Å².